The number of amides is 1. The van der Waals surface area contributed by atoms with E-state index in [9.17, 15) is 14.0 Å². The smallest absolute Gasteiger partial charge is 0.340 e. The van der Waals surface area contributed by atoms with Crippen molar-refractivity contribution in [3.05, 3.63) is 80.6 Å². The number of carbonyl (C=O) groups is 1. The highest BCUT2D eigenvalue weighted by Crippen LogP contribution is 2.32. The van der Waals surface area contributed by atoms with Crippen LogP contribution >= 0.6 is 0 Å². The molecule has 2 aromatic carbocycles. The molecule has 0 radical (unpaired) electrons. The monoisotopic (exact) mass is 407 g/mol. The van der Waals surface area contributed by atoms with E-state index < -0.39 is 5.63 Å². The number of hydrogen-bond donors (Lipinski definition) is 1. The first kappa shape index (κ1) is 19.9. The molecule has 0 bridgehead atoms. The van der Waals surface area contributed by atoms with Crippen LogP contribution < -0.4 is 10.9 Å². The molecule has 2 heterocycles. The van der Waals surface area contributed by atoms with Gasteiger partial charge in [-0.2, -0.15) is 0 Å². The molecule has 0 saturated heterocycles. The van der Waals surface area contributed by atoms with Gasteiger partial charge >= 0.3 is 5.63 Å². The van der Waals surface area contributed by atoms with Crippen LogP contribution in [0.5, 0.6) is 0 Å². The molecule has 0 unspecified atom stereocenters. The van der Waals surface area contributed by atoms with Crippen LogP contribution in [-0.2, 0) is 17.6 Å². The standard InChI is InChI=1S/C24H22FNO4/c1-13-12-29-22-15(3)23-19(10-18(13)22)14(2)20(24(28)30-23)11-21(27)26-9-8-16-4-6-17(25)7-5-16/h4-7,10,12H,8-9,11H2,1-3H3,(H,26,27). The average Bonchev–Trinajstić information content (AvgIpc) is 3.09. The van der Waals surface area contributed by atoms with Crippen LogP contribution in [0.3, 0.4) is 0 Å². The van der Waals surface area contributed by atoms with Crippen LogP contribution in [0.2, 0.25) is 0 Å². The summed E-state index contributed by atoms with van der Waals surface area (Å²) in [5.41, 5.74) is 4.45. The molecule has 6 heteroatoms. The summed E-state index contributed by atoms with van der Waals surface area (Å²) in [6.45, 7) is 6.05. The molecule has 4 rings (SSSR count). The third-order valence-corrected chi connectivity index (χ3v) is 5.52. The van der Waals surface area contributed by atoms with E-state index in [4.69, 9.17) is 8.83 Å². The number of hydrogen-bond acceptors (Lipinski definition) is 4. The summed E-state index contributed by atoms with van der Waals surface area (Å²) in [7, 11) is 0. The summed E-state index contributed by atoms with van der Waals surface area (Å²) >= 11 is 0. The molecule has 1 N–H and O–H groups in total. The van der Waals surface area contributed by atoms with Crippen LogP contribution in [-0.4, -0.2) is 12.5 Å². The lowest BCUT2D eigenvalue weighted by Gasteiger charge is -2.10. The summed E-state index contributed by atoms with van der Waals surface area (Å²) in [4.78, 5) is 25.0. The molecule has 154 valence electrons. The highest BCUT2D eigenvalue weighted by atomic mass is 19.1. The second-order valence-electron chi connectivity index (χ2n) is 7.57. The predicted molar refractivity (Wildman–Crippen MR) is 113 cm³/mol. The van der Waals surface area contributed by atoms with Gasteiger partial charge in [-0.1, -0.05) is 12.1 Å². The first-order valence-corrected chi connectivity index (χ1v) is 9.80. The van der Waals surface area contributed by atoms with Gasteiger partial charge in [-0.15, -0.1) is 0 Å². The molecule has 0 spiro atoms. The molecule has 0 aliphatic heterocycles. The predicted octanol–water partition coefficient (Wildman–Crippen LogP) is 4.50. The topological polar surface area (TPSA) is 72.5 Å². The summed E-state index contributed by atoms with van der Waals surface area (Å²) < 4.78 is 24.1. The number of fused-ring (bicyclic) bond motifs is 2. The zero-order chi connectivity index (χ0) is 21.4. The fourth-order valence-electron chi connectivity index (χ4n) is 3.74. The minimum absolute atomic E-state index is 0.0605. The maximum Gasteiger partial charge on any atom is 0.340 e. The Kier molecular flexibility index (Phi) is 5.16. The zero-order valence-electron chi connectivity index (χ0n) is 17.1. The molecule has 0 aliphatic carbocycles. The fourth-order valence-corrected chi connectivity index (χ4v) is 3.74. The van der Waals surface area contributed by atoms with Crippen molar-refractivity contribution in [1.29, 1.82) is 0 Å². The molecule has 0 atom stereocenters. The normalized spacial score (nSPS) is 11.3. The van der Waals surface area contributed by atoms with Crippen LogP contribution in [0.4, 0.5) is 4.39 Å². The van der Waals surface area contributed by atoms with Gasteiger partial charge in [0.15, 0.2) is 0 Å². The molecular weight excluding hydrogens is 385 g/mol. The van der Waals surface area contributed by atoms with Gasteiger partial charge in [0.25, 0.3) is 0 Å². The molecule has 0 aliphatic rings. The first-order chi connectivity index (χ1) is 14.3. The number of halogens is 1. The number of nitrogens with one attached hydrogen (secondary N) is 1. The van der Waals surface area contributed by atoms with E-state index in [0.29, 0.717) is 29.7 Å². The van der Waals surface area contributed by atoms with Gasteiger partial charge in [-0.05, 0) is 62.1 Å². The molecule has 30 heavy (non-hydrogen) atoms. The third-order valence-electron chi connectivity index (χ3n) is 5.52. The van der Waals surface area contributed by atoms with Crippen molar-refractivity contribution >= 4 is 27.8 Å². The second kappa shape index (κ2) is 7.78. The van der Waals surface area contributed by atoms with Crippen molar-refractivity contribution in [2.24, 2.45) is 0 Å². The molecule has 0 saturated carbocycles. The largest absolute Gasteiger partial charge is 0.464 e. The van der Waals surface area contributed by atoms with E-state index >= 15 is 0 Å². The number of aryl methyl sites for hydroxylation is 3. The lowest BCUT2D eigenvalue weighted by Crippen LogP contribution is -2.29. The van der Waals surface area contributed by atoms with Gasteiger partial charge in [0, 0.05) is 22.9 Å². The van der Waals surface area contributed by atoms with Gasteiger partial charge in [-0.25, -0.2) is 9.18 Å². The lowest BCUT2D eigenvalue weighted by atomic mass is 9.99. The van der Waals surface area contributed by atoms with Crippen LogP contribution in [0, 0.1) is 26.6 Å². The van der Waals surface area contributed by atoms with Crippen molar-refractivity contribution in [3.8, 4) is 0 Å². The summed E-state index contributed by atoms with van der Waals surface area (Å²) in [6, 6.07) is 8.10. The Bertz CT molecular complexity index is 1320. The quantitative estimate of drug-likeness (QED) is 0.494. The van der Waals surface area contributed by atoms with Crippen molar-refractivity contribution < 1.29 is 18.0 Å². The van der Waals surface area contributed by atoms with Gasteiger partial charge in [0.1, 0.15) is 17.0 Å². The Balaban J connectivity index is 1.56. The molecule has 4 aromatic rings. The van der Waals surface area contributed by atoms with Crippen LogP contribution in [0.25, 0.3) is 21.9 Å². The van der Waals surface area contributed by atoms with E-state index in [2.05, 4.69) is 5.32 Å². The summed E-state index contributed by atoms with van der Waals surface area (Å²) in [6.07, 6.45) is 2.20. The van der Waals surface area contributed by atoms with E-state index in [-0.39, 0.29) is 18.1 Å². The summed E-state index contributed by atoms with van der Waals surface area (Å²) in [5.74, 6) is -0.552. The molecule has 0 fully saturated rings. The maximum atomic E-state index is 13.0. The molecule has 2 aromatic heterocycles. The van der Waals surface area contributed by atoms with E-state index in [0.717, 1.165) is 33.0 Å². The Hall–Kier alpha value is -3.41. The fraction of sp³-hybridized carbons (Fsp3) is 0.250. The highest BCUT2D eigenvalue weighted by molar-refractivity contribution is 6.00. The van der Waals surface area contributed by atoms with E-state index in [1.165, 1.54) is 12.1 Å². The van der Waals surface area contributed by atoms with Crippen molar-refractivity contribution in [2.75, 3.05) is 6.54 Å². The minimum atomic E-state index is -0.514. The van der Waals surface area contributed by atoms with Gasteiger partial charge in [-0.3, -0.25) is 4.79 Å². The lowest BCUT2D eigenvalue weighted by molar-refractivity contribution is -0.120. The highest BCUT2D eigenvalue weighted by Gasteiger charge is 2.19. The SMILES string of the molecule is Cc1coc2c(C)c3oc(=O)c(CC(=O)NCCc4ccc(F)cc4)c(C)c3cc12. The zero-order valence-corrected chi connectivity index (χ0v) is 17.1. The molecular formula is C24H22FNO4. The Morgan fingerprint density at radius 1 is 1.03 bits per heavy atom. The van der Waals surface area contributed by atoms with E-state index in [1.54, 1.807) is 18.4 Å². The summed E-state index contributed by atoms with van der Waals surface area (Å²) in [5, 5.41) is 4.58. The van der Waals surface area contributed by atoms with Crippen molar-refractivity contribution in [3.63, 3.8) is 0 Å². The van der Waals surface area contributed by atoms with Crippen molar-refractivity contribution in [1.82, 2.24) is 5.32 Å². The van der Waals surface area contributed by atoms with Crippen LogP contribution in [0.1, 0.15) is 27.8 Å². The van der Waals surface area contributed by atoms with Gasteiger partial charge in [0.05, 0.1) is 18.2 Å². The molecule has 5 nitrogen and oxygen atoms in total. The number of benzene rings is 2. The average molecular weight is 407 g/mol. The van der Waals surface area contributed by atoms with Crippen LogP contribution in [0.15, 0.2) is 50.2 Å². The Morgan fingerprint density at radius 3 is 2.50 bits per heavy atom. The first-order valence-electron chi connectivity index (χ1n) is 9.80. The number of rotatable bonds is 5. The van der Waals surface area contributed by atoms with Gasteiger partial charge in [0.2, 0.25) is 5.91 Å². The Morgan fingerprint density at radius 2 is 1.77 bits per heavy atom. The van der Waals surface area contributed by atoms with Crippen molar-refractivity contribution in [2.45, 2.75) is 33.6 Å². The second-order valence-corrected chi connectivity index (χ2v) is 7.57. The Labute approximate surface area is 172 Å². The van der Waals surface area contributed by atoms with E-state index in [1.807, 2.05) is 26.8 Å². The van der Waals surface area contributed by atoms with Gasteiger partial charge < -0.3 is 14.2 Å². The number of carbonyl (C=O) groups excluding carboxylic acids is 1. The maximum absolute atomic E-state index is 13.0. The number of furan rings is 1. The minimum Gasteiger partial charge on any atom is -0.464 e. The third kappa shape index (κ3) is 3.61. The molecule has 1 amide bonds.